The number of carbonyl (C=O) groups is 1. The minimum Gasteiger partial charge on any atom is -0.338 e. The molecule has 1 aliphatic rings. The Bertz CT molecular complexity index is 605. The second kappa shape index (κ2) is 6.01. The molecular weight excluding hydrogens is 338 g/mol. The Hall–Kier alpha value is -1.27. The number of hydrogen-bond acceptors (Lipinski definition) is 4. The van der Waals surface area contributed by atoms with Gasteiger partial charge in [-0.2, -0.15) is 0 Å². The Balaban J connectivity index is 1.89. The molecule has 1 fully saturated rings. The van der Waals surface area contributed by atoms with Crippen molar-refractivity contribution in [2.24, 2.45) is 0 Å². The van der Waals surface area contributed by atoms with Crippen molar-refractivity contribution < 1.29 is 4.79 Å². The van der Waals surface area contributed by atoms with Crippen molar-refractivity contribution in [2.45, 2.75) is 19.3 Å². The summed E-state index contributed by atoms with van der Waals surface area (Å²) < 4.78 is 4.98. The first-order valence-electron chi connectivity index (χ1n) is 6.63. The van der Waals surface area contributed by atoms with E-state index in [1.165, 1.54) is 18.0 Å². The molecule has 6 heteroatoms. The summed E-state index contributed by atoms with van der Waals surface area (Å²) in [6.07, 6.45) is 3.39. The number of aromatic nitrogens is 2. The van der Waals surface area contributed by atoms with Gasteiger partial charge in [0.2, 0.25) is 0 Å². The minimum absolute atomic E-state index is 0.0672. The van der Waals surface area contributed by atoms with Gasteiger partial charge in [-0.25, -0.2) is 0 Å². The zero-order valence-corrected chi connectivity index (χ0v) is 13.3. The lowest BCUT2D eigenvalue weighted by atomic mass is 10.1. The van der Waals surface area contributed by atoms with Gasteiger partial charge in [-0.05, 0) is 42.9 Å². The molecule has 1 aromatic heterocycles. The Morgan fingerprint density at radius 1 is 1.15 bits per heavy atom. The van der Waals surface area contributed by atoms with E-state index in [-0.39, 0.29) is 5.91 Å². The van der Waals surface area contributed by atoms with Crippen molar-refractivity contribution in [3.63, 3.8) is 0 Å². The van der Waals surface area contributed by atoms with Gasteiger partial charge in [-0.15, -0.1) is 5.10 Å². The van der Waals surface area contributed by atoms with Crippen LogP contribution in [0.2, 0.25) is 0 Å². The van der Waals surface area contributed by atoms with Gasteiger partial charge in [0.15, 0.2) is 0 Å². The first kappa shape index (κ1) is 13.7. The SMILES string of the molecule is O=C(c1snnc1-c1ccc(Br)cc1)N1CCCCC1. The molecule has 1 aromatic carbocycles. The zero-order chi connectivity index (χ0) is 13.9. The molecular formula is C14H14BrN3OS. The third-order valence-electron chi connectivity index (χ3n) is 3.44. The number of piperidine rings is 1. The highest BCUT2D eigenvalue weighted by Gasteiger charge is 2.24. The number of halogens is 1. The summed E-state index contributed by atoms with van der Waals surface area (Å²) in [5.74, 6) is 0.0672. The molecule has 20 heavy (non-hydrogen) atoms. The first-order chi connectivity index (χ1) is 9.75. The van der Waals surface area contributed by atoms with Crippen LogP contribution in [-0.2, 0) is 0 Å². The van der Waals surface area contributed by atoms with Crippen molar-refractivity contribution >= 4 is 33.4 Å². The Kier molecular flexibility index (Phi) is 4.12. The molecule has 0 unspecified atom stereocenters. The fourth-order valence-corrected chi connectivity index (χ4v) is 3.29. The quantitative estimate of drug-likeness (QED) is 0.830. The average Bonchev–Trinajstić information content (AvgIpc) is 2.97. The summed E-state index contributed by atoms with van der Waals surface area (Å²) in [6, 6.07) is 7.80. The summed E-state index contributed by atoms with van der Waals surface area (Å²) in [5, 5.41) is 4.14. The molecule has 0 bridgehead atoms. The van der Waals surface area contributed by atoms with E-state index in [9.17, 15) is 4.79 Å². The van der Waals surface area contributed by atoms with Crippen LogP contribution in [0.1, 0.15) is 28.9 Å². The van der Waals surface area contributed by atoms with Gasteiger partial charge in [0.1, 0.15) is 10.6 Å². The normalized spacial score (nSPS) is 15.3. The number of likely N-dealkylation sites (tertiary alicyclic amines) is 1. The van der Waals surface area contributed by atoms with Crippen LogP contribution in [0.25, 0.3) is 11.3 Å². The molecule has 0 saturated carbocycles. The lowest BCUT2D eigenvalue weighted by Gasteiger charge is -2.26. The fraction of sp³-hybridized carbons (Fsp3) is 0.357. The number of nitrogens with zero attached hydrogens (tertiary/aromatic N) is 3. The molecule has 0 aliphatic carbocycles. The van der Waals surface area contributed by atoms with E-state index < -0.39 is 0 Å². The number of carbonyl (C=O) groups excluding carboxylic acids is 1. The molecule has 0 N–H and O–H groups in total. The van der Waals surface area contributed by atoms with Crippen molar-refractivity contribution in [2.75, 3.05) is 13.1 Å². The smallest absolute Gasteiger partial charge is 0.267 e. The molecule has 1 amide bonds. The van der Waals surface area contributed by atoms with Gasteiger partial charge in [0.05, 0.1) is 0 Å². The van der Waals surface area contributed by atoms with Gasteiger partial charge in [0, 0.05) is 23.1 Å². The van der Waals surface area contributed by atoms with Crippen molar-refractivity contribution in [3.8, 4) is 11.3 Å². The topological polar surface area (TPSA) is 46.1 Å². The van der Waals surface area contributed by atoms with E-state index in [2.05, 4.69) is 25.5 Å². The molecule has 0 atom stereocenters. The Labute approximate surface area is 130 Å². The highest BCUT2D eigenvalue weighted by molar-refractivity contribution is 9.10. The van der Waals surface area contributed by atoms with Crippen LogP contribution in [0.4, 0.5) is 0 Å². The predicted octanol–water partition coefficient (Wildman–Crippen LogP) is 3.59. The molecule has 2 aromatic rings. The summed E-state index contributed by atoms with van der Waals surface area (Å²) in [5.41, 5.74) is 1.63. The summed E-state index contributed by atoms with van der Waals surface area (Å²) >= 11 is 4.60. The molecule has 2 heterocycles. The van der Waals surface area contributed by atoms with E-state index in [0.717, 1.165) is 36.0 Å². The van der Waals surface area contributed by atoms with E-state index in [4.69, 9.17) is 0 Å². The average molecular weight is 352 g/mol. The monoisotopic (exact) mass is 351 g/mol. The van der Waals surface area contributed by atoms with Crippen LogP contribution in [0.3, 0.4) is 0 Å². The molecule has 1 saturated heterocycles. The predicted molar refractivity (Wildman–Crippen MR) is 82.8 cm³/mol. The maximum absolute atomic E-state index is 12.6. The molecule has 4 nitrogen and oxygen atoms in total. The number of hydrogen-bond donors (Lipinski definition) is 0. The second-order valence-electron chi connectivity index (χ2n) is 4.81. The van der Waals surface area contributed by atoms with Crippen LogP contribution < -0.4 is 0 Å². The highest BCUT2D eigenvalue weighted by Crippen LogP contribution is 2.27. The van der Waals surface area contributed by atoms with Crippen LogP contribution in [0.15, 0.2) is 28.7 Å². The van der Waals surface area contributed by atoms with Gasteiger partial charge in [0.25, 0.3) is 5.91 Å². The number of amides is 1. The zero-order valence-electron chi connectivity index (χ0n) is 10.9. The molecule has 1 aliphatic heterocycles. The van der Waals surface area contributed by atoms with Crippen molar-refractivity contribution in [1.82, 2.24) is 14.5 Å². The molecule has 0 spiro atoms. The number of benzene rings is 1. The van der Waals surface area contributed by atoms with Crippen molar-refractivity contribution in [1.29, 1.82) is 0 Å². The van der Waals surface area contributed by atoms with Gasteiger partial charge >= 0.3 is 0 Å². The summed E-state index contributed by atoms with van der Waals surface area (Å²) in [7, 11) is 0. The maximum atomic E-state index is 12.6. The Morgan fingerprint density at radius 3 is 2.55 bits per heavy atom. The van der Waals surface area contributed by atoms with Crippen LogP contribution >= 0.6 is 27.5 Å². The molecule has 0 radical (unpaired) electrons. The van der Waals surface area contributed by atoms with E-state index in [1.807, 2.05) is 29.2 Å². The molecule has 3 rings (SSSR count). The standard InChI is InChI=1S/C14H14BrN3OS/c15-11-6-4-10(5-7-11)12-13(20-17-16-12)14(19)18-8-2-1-3-9-18/h4-7H,1-3,8-9H2. The fourth-order valence-electron chi connectivity index (χ4n) is 2.37. The van der Waals surface area contributed by atoms with E-state index in [1.54, 1.807) is 0 Å². The Morgan fingerprint density at radius 2 is 1.85 bits per heavy atom. The van der Waals surface area contributed by atoms with Gasteiger partial charge in [-0.3, -0.25) is 4.79 Å². The lowest BCUT2D eigenvalue weighted by Crippen LogP contribution is -2.35. The summed E-state index contributed by atoms with van der Waals surface area (Å²) in [4.78, 5) is 15.1. The van der Waals surface area contributed by atoms with Crippen LogP contribution in [0.5, 0.6) is 0 Å². The minimum atomic E-state index is 0.0672. The van der Waals surface area contributed by atoms with E-state index >= 15 is 0 Å². The van der Waals surface area contributed by atoms with E-state index in [0.29, 0.717) is 10.6 Å². The lowest BCUT2D eigenvalue weighted by molar-refractivity contribution is 0.0730. The maximum Gasteiger partial charge on any atom is 0.267 e. The third-order valence-corrected chi connectivity index (χ3v) is 4.69. The largest absolute Gasteiger partial charge is 0.338 e. The molecule has 104 valence electrons. The summed E-state index contributed by atoms with van der Waals surface area (Å²) in [6.45, 7) is 1.69. The third kappa shape index (κ3) is 2.76. The van der Waals surface area contributed by atoms with Gasteiger partial charge in [-0.1, -0.05) is 32.6 Å². The van der Waals surface area contributed by atoms with Crippen molar-refractivity contribution in [3.05, 3.63) is 33.6 Å². The van der Waals surface area contributed by atoms with Gasteiger partial charge < -0.3 is 4.90 Å². The van der Waals surface area contributed by atoms with Crippen LogP contribution in [0, 0.1) is 0 Å². The number of rotatable bonds is 2. The second-order valence-corrected chi connectivity index (χ2v) is 6.48. The van der Waals surface area contributed by atoms with Crippen LogP contribution in [-0.4, -0.2) is 33.5 Å². The highest BCUT2D eigenvalue weighted by atomic mass is 79.9. The first-order valence-corrected chi connectivity index (χ1v) is 8.20.